The molecule has 0 aliphatic carbocycles. The number of carbonyl (C=O) groups is 1. The minimum absolute atomic E-state index is 0.0409. The maximum atomic E-state index is 12.6. The first-order chi connectivity index (χ1) is 13.0. The first kappa shape index (κ1) is 17.9. The Labute approximate surface area is 164 Å². The van der Waals surface area contributed by atoms with Crippen molar-refractivity contribution < 1.29 is 4.79 Å². The number of aromatic amines is 1. The summed E-state index contributed by atoms with van der Waals surface area (Å²) in [7, 11) is 0. The summed E-state index contributed by atoms with van der Waals surface area (Å²) in [6.07, 6.45) is 0.520. The lowest BCUT2D eigenvalue weighted by atomic mass is 10.0. The van der Waals surface area contributed by atoms with Crippen molar-refractivity contribution in [1.82, 2.24) is 20.5 Å². The monoisotopic (exact) mass is 401 g/mol. The van der Waals surface area contributed by atoms with Crippen molar-refractivity contribution in [3.05, 3.63) is 74.2 Å². The maximum Gasteiger partial charge on any atom is 0.281 e. The van der Waals surface area contributed by atoms with Gasteiger partial charge < -0.3 is 4.98 Å². The zero-order valence-electron chi connectivity index (χ0n) is 14.0. The SMILES string of the molecule is O=C(Nn1c(=S)[nH]c2ccccc2c1=O)C1CC(c2ccc(Cl)cc2)NN1. The fourth-order valence-corrected chi connectivity index (χ4v) is 3.46. The normalized spacial score (nSPS) is 19.3. The van der Waals surface area contributed by atoms with Gasteiger partial charge in [0.25, 0.3) is 11.5 Å². The van der Waals surface area contributed by atoms with Gasteiger partial charge in [-0.2, -0.15) is 4.68 Å². The van der Waals surface area contributed by atoms with E-state index in [1.54, 1.807) is 36.4 Å². The molecule has 0 saturated carbocycles. The van der Waals surface area contributed by atoms with Crippen molar-refractivity contribution in [3.8, 4) is 0 Å². The van der Waals surface area contributed by atoms with Crippen molar-refractivity contribution >= 4 is 40.6 Å². The smallest absolute Gasteiger partial charge is 0.281 e. The number of fused-ring (bicyclic) bond motifs is 1. The highest BCUT2D eigenvalue weighted by Crippen LogP contribution is 2.23. The van der Waals surface area contributed by atoms with Crippen LogP contribution in [0.3, 0.4) is 0 Å². The van der Waals surface area contributed by atoms with Crippen LogP contribution in [-0.2, 0) is 4.79 Å². The topological polar surface area (TPSA) is 91.0 Å². The van der Waals surface area contributed by atoms with Gasteiger partial charge in [-0.3, -0.25) is 15.0 Å². The minimum Gasteiger partial charge on any atom is -0.330 e. The van der Waals surface area contributed by atoms with E-state index in [2.05, 4.69) is 21.3 Å². The molecule has 1 fully saturated rings. The van der Waals surface area contributed by atoms with Crippen molar-refractivity contribution in [2.75, 3.05) is 5.43 Å². The minimum atomic E-state index is -0.515. The summed E-state index contributed by atoms with van der Waals surface area (Å²) in [5.74, 6) is -0.351. The summed E-state index contributed by atoms with van der Waals surface area (Å²) in [6, 6.07) is 13.9. The lowest BCUT2D eigenvalue weighted by Crippen LogP contribution is -2.45. The first-order valence-corrected chi connectivity index (χ1v) is 9.13. The predicted molar refractivity (Wildman–Crippen MR) is 107 cm³/mol. The molecule has 2 atom stereocenters. The Morgan fingerprint density at radius 1 is 1.15 bits per heavy atom. The van der Waals surface area contributed by atoms with Crippen LogP contribution in [-0.4, -0.2) is 21.6 Å². The van der Waals surface area contributed by atoms with Crippen LogP contribution < -0.4 is 21.8 Å². The molecule has 1 aliphatic rings. The number of nitrogens with zero attached hydrogens (tertiary/aromatic N) is 1. The number of hydrogen-bond acceptors (Lipinski definition) is 5. The fraction of sp³-hybridized carbons (Fsp3) is 0.167. The summed E-state index contributed by atoms with van der Waals surface area (Å²) < 4.78 is 1.20. The molecule has 0 bridgehead atoms. The van der Waals surface area contributed by atoms with Crippen molar-refractivity contribution in [1.29, 1.82) is 0 Å². The molecule has 2 aromatic carbocycles. The molecular formula is C18H16ClN5O2S. The summed E-state index contributed by atoms with van der Waals surface area (Å²) in [5.41, 5.74) is 9.92. The van der Waals surface area contributed by atoms with E-state index >= 15 is 0 Å². The highest BCUT2D eigenvalue weighted by Gasteiger charge is 2.30. The van der Waals surface area contributed by atoms with E-state index in [0.717, 1.165) is 10.2 Å². The van der Waals surface area contributed by atoms with Gasteiger partial charge in [-0.1, -0.05) is 35.9 Å². The van der Waals surface area contributed by atoms with E-state index in [9.17, 15) is 9.59 Å². The molecule has 4 N–H and O–H groups in total. The largest absolute Gasteiger partial charge is 0.330 e. The standard InChI is InChI=1S/C18H16ClN5O2S/c19-11-7-5-10(6-8-11)14-9-15(22-21-14)16(25)23-24-17(26)12-3-1-2-4-13(12)20-18(24)27/h1-8,14-15,21-22H,9H2,(H,20,27)(H,23,25). The number of para-hydroxylation sites is 1. The Bertz CT molecular complexity index is 1130. The second-order valence-electron chi connectivity index (χ2n) is 6.27. The van der Waals surface area contributed by atoms with Crippen molar-refractivity contribution in [2.45, 2.75) is 18.5 Å². The number of nitrogens with one attached hydrogen (secondary N) is 4. The third-order valence-electron chi connectivity index (χ3n) is 4.52. The van der Waals surface area contributed by atoms with Crippen LogP contribution in [0, 0.1) is 4.77 Å². The Balaban J connectivity index is 1.53. The molecule has 27 heavy (non-hydrogen) atoms. The number of carbonyl (C=O) groups excluding carboxylic acids is 1. The van der Waals surface area contributed by atoms with Gasteiger partial charge in [-0.05, 0) is 48.5 Å². The van der Waals surface area contributed by atoms with E-state index in [-0.39, 0.29) is 22.3 Å². The van der Waals surface area contributed by atoms with Gasteiger partial charge in [-0.25, -0.2) is 10.9 Å². The average Bonchev–Trinajstić information content (AvgIpc) is 3.16. The number of halogens is 1. The molecule has 2 heterocycles. The molecule has 1 aromatic heterocycles. The Kier molecular flexibility index (Phi) is 4.79. The van der Waals surface area contributed by atoms with E-state index in [1.807, 2.05) is 12.1 Å². The lowest BCUT2D eigenvalue weighted by Gasteiger charge is -2.13. The molecule has 1 saturated heterocycles. The number of aromatic nitrogens is 2. The second-order valence-corrected chi connectivity index (χ2v) is 7.10. The lowest BCUT2D eigenvalue weighted by molar-refractivity contribution is -0.118. The molecule has 0 radical (unpaired) electrons. The van der Waals surface area contributed by atoms with Gasteiger partial charge in [-0.15, -0.1) is 0 Å². The number of rotatable bonds is 3. The van der Waals surface area contributed by atoms with Crippen molar-refractivity contribution in [2.24, 2.45) is 0 Å². The van der Waals surface area contributed by atoms with Crippen LogP contribution in [0.15, 0.2) is 53.3 Å². The molecule has 3 aromatic rings. The van der Waals surface area contributed by atoms with Crippen LogP contribution in [0.4, 0.5) is 0 Å². The number of hydrogen-bond donors (Lipinski definition) is 4. The summed E-state index contributed by atoms with van der Waals surface area (Å²) in [6.45, 7) is 0. The Hall–Kier alpha value is -2.52. The highest BCUT2D eigenvalue weighted by molar-refractivity contribution is 7.71. The molecule has 138 valence electrons. The summed E-state index contributed by atoms with van der Waals surface area (Å²) in [4.78, 5) is 28.2. The van der Waals surface area contributed by atoms with Gasteiger partial charge in [0.1, 0.15) is 6.04 Å². The third-order valence-corrected chi connectivity index (χ3v) is 5.06. The molecule has 0 spiro atoms. The van der Waals surface area contributed by atoms with E-state index in [1.165, 1.54) is 0 Å². The van der Waals surface area contributed by atoms with Gasteiger partial charge in [0.2, 0.25) is 0 Å². The average molecular weight is 402 g/mol. The fourth-order valence-electron chi connectivity index (χ4n) is 3.09. The summed E-state index contributed by atoms with van der Waals surface area (Å²) in [5, 5.41) is 1.10. The molecule has 9 heteroatoms. The zero-order valence-corrected chi connectivity index (χ0v) is 15.6. The Morgan fingerprint density at radius 2 is 1.89 bits per heavy atom. The molecule has 1 aliphatic heterocycles. The third kappa shape index (κ3) is 3.52. The van der Waals surface area contributed by atoms with E-state index in [4.69, 9.17) is 23.8 Å². The van der Waals surface area contributed by atoms with Crippen LogP contribution in [0.25, 0.3) is 10.9 Å². The second kappa shape index (κ2) is 7.24. The van der Waals surface area contributed by atoms with Crippen LogP contribution >= 0.6 is 23.8 Å². The number of hydrazine groups is 1. The van der Waals surface area contributed by atoms with Gasteiger partial charge in [0.15, 0.2) is 4.77 Å². The first-order valence-electron chi connectivity index (χ1n) is 8.34. The molecule has 4 rings (SSSR count). The maximum absolute atomic E-state index is 12.6. The van der Waals surface area contributed by atoms with Crippen molar-refractivity contribution in [3.63, 3.8) is 0 Å². The predicted octanol–water partition coefficient (Wildman–Crippen LogP) is 2.39. The highest BCUT2D eigenvalue weighted by atomic mass is 35.5. The van der Waals surface area contributed by atoms with Gasteiger partial charge in [0.05, 0.1) is 10.9 Å². The van der Waals surface area contributed by atoms with Crippen LogP contribution in [0.1, 0.15) is 18.0 Å². The number of amides is 1. The number of H-pyrrole nitrogens is 1. The van der Waals surface area contributed by atoms with Gasteiger partial charge in [0, 0.05) is 11.1 Å². The van der Waals surface area contributed by atoms with Crippen LogP contribution in [0.2, 0.25) is 5.02 Å². The number of benzene rings is 2. The quantitative estimate of drug-likeness (QED) is 0.506. The molecule has 7 nitrogen and oxygen atoms in total. The molecule has 1 amide bonds. The van der Waals surface area contributed by atoms with E-state index in [0.29, 0.717) is 22.3 Å². The van der Waals surface area contributed by atoms with Crippen LogP contribution in [0.5, 0.6) is 0 Å². The zero-order chi connectivity index (χ0) is 19.0. The summed E-state index contributed by atoms with van der Waals surface area (Å²) >= 11 is 11.1. The van der Waals surface area contributed by atoms with Gasteiger partial charge >= 0.3 is 0 Å². The Morgan fingerprint density at radius 3 is 2.67 bits per heavy atom. The molecule has 2 unspecified atom stereocenters. The van der Waals surface area contributed by atoms with E-state index < -0.39 is 6.04 Å². The molecular weight excluding hydrogens is 386 g/mol.